The number of aryl methyl sites for hydroxylation is 1. The second kappa shape index (κ2) is 6.51. The number of nitrogens with one attached hydrogen (secondary N) is 1. The zero-order valence-electron chi connectivity index (χ0n) is 13.2. The van der Waals surface area contributed by atoms with Gasteiger partial charge in [0, 0.05) is 5.69 Å². The Labute approximate surface area is 149 Å². The van der Waals surface area contributed by atoms with E-state index in [0.29, 0.717) is 11.4 Å². The molecule has 7 nitrogen and oxygen atoms in total. The fourth-order valence-corrected chi connectivity index (χ4v) is 3.84. The normalized spacial score (nSPS) is 17.8. The highest BCUT2D eigenvalue weighted by Gasteiger charge is 2.41. The Bertz CT molecular complexity index is 942. The molecule has 1 saturated heterocycles. The maximum absolute atomic E-state index is 12.6. The molecular formula is C16H15N3O4S2. The molecule has 1 heterocycles. The highest BCUT2D eigenvalue weighted by molar-refractivity contribution is 8.16. The summed E-state index contributed by atoms with van der Waals surface area (Å²) in [5, 5.41) is 6.84. The van der Waals surface area contributed by atoms with Crippen LogP contribution in [0.15, 0.2) is 53.4 Å². The van der Waals surface area contributed by atoms with Crippen LogP contribution in [-0.2, 0) is 14.8 Å². The van der Waals surface area contributed by atoms with Gasteiger partial charge in [-0.25, -0.2) is 18.5 Å². The zero-order chi connectivity index (χ0) is 18.2. The molecule has 1 atom stereocenters. The van der Waals surface area contributed by atoms with E-state index in [1.54, 1.807) is 12.1 Å². The van der Waals surface area contributed by atoms with Gasteiger partial charge >= 0.3 is 0 Å². The molecule has 130 valence electrons. The SMILES string of the molecule is Cc1ccccc1N1C(=O)S[C@H](Nc2ccc(S(N)(=O)=O)cc2)C1=O. The number of carbonyl (C=O) groups excluding carboxylic acids is 2. The van der Waals surface area contributed by atoms with Crippen molar-refractivity contribution in [2.75, 3.05) is 10.2 Å². The summed E-state index contributed by atoms with van der Waals surface area (Å²) >= 11 is 0.873. The quantitative estimate of drug-likeness (QED) is 0.846. The van der Waals surface area contributed by atoms with Gasteiger partial charge in [-0.1, -0.05) is 18.2 Å². The minimum Gasteiger partial charge on any atom is -0.365 e. The molecular weight excluding hydrogens is 362 g/mol. The summed E-state index contributed by atoms with van der Waals surface area (Å²) in [4.78, 5) is 26.0. The fraction of sp³-hybridized carbons (Fsp3) is 0.125. The predicted molar refractivity (Wildman–Crippen MR) is 96.9 cm³/mol. The third-order valence-corrected chi connectivity index (χ3v) is 5.55. The average Bonchev–Trinajstić information content (AvgIpc) is 2.82. The number of benzene rings is 2. The van der Waals surface area contributed by atoms with Crippen molar-refractivity contribution in [3.05, 3.63) is 54.1 Å². The van der Waals surface area contributed by atoms with Gasteiger partial charge in [0.05, 0.1) is 10.6 Å². The summed E-state index contributed by atoms with van der Waals surface area (Å²) in [6.07, 6.45) is 0. The molecule has 2 amide bonds. The number of imide groups is 1. The molecule has 3 N–H and O–H groups in total. The monoisotopic (exact) mass is 377 g/mol. The van der Waals surface area contributed by atoms with Gasteiger partial charge in [0.2, 0.25) is 10.0 Å². The van der Waals surface area contributed by atoms with Gasteiger partial charge in [-0.15, -0.1) is 0 Å². The molecule has 1 fully saturated rings. The summed E-state index contributed by atoms with van der Waals surface area (Å²) in [7, 11) is -3.78. The fourth-order valence-electron chi connectivity index (χ4n) is 2.43. The molecule has 0 unspecified atom stereocenters. The number of primary sulfonamides is 1. The van der Waals surface area contributed by atoms with E-state index in [0.717, 1.165) is 22.2 Å². The number of thioether (sulfide) groups is 1. The molecule has 0 aromatic heterocycles. The lowest BCUT2D eigenvalue weighted by Crippen LogP contribution is -2.34. The number of hydrogen-bond donors (Lipinski definition) is 2. The number of anilines is 2. The lowest BCUT2D eigenvalue weighted by molar-refractivity contribution is -0.116. The summed E-state index contributed by atoms with van der Waals surface area (Å²) in [5.41, 5.74) is 1.89. The largest absolute Gasteiger partial charge is 0.365 e. The first-order chi connectivity index (χ1) is 11.8. The molecule has 1 aliphatic rings. The van der Waals surface area contributed by atoms with Crippen LogP contribution in [0.25, 0.3) is 0 Å². The van der Waals surface area contributed by atoms with Crippen LogP contribution in [0.1, 0.15) is 5.56 Å². The zero-order valence-corrected chi connectivity index (χ0v) is 14.8. The average molecular weight is 377 g/mol. The molecule has 0 saturated carbocycles. The molecule has 9 heteroatoms. The van der Waals surface area contributed by atoms with Gasteiger partial charge in [0.15, 0.2) is 5.37 Å². The second-order valence-electron chi connectivity index (χ2n) is 5.44. The number of sulfonamides is 1. The third kappa shape index (κ3) is 3.53. The van der Waals surface area contributed by atoms with Crippen LogP contribution in [0.4, 0.5) is 16.2 Å². The van der Waals surface area contributed by atoms with Crippen molar-refractivity contribution in [1.29, 1.82) is 0 Å². The summed E-state index contributed by atoms with van der Waals surface area (Å²) < 4.78 is 22.5. The first-order valence-electron chi connectivity index (χ1n) is 7.27. The Morgan fingerprint density at radius 2 is 1.72 bits per heavy atom. The topological polar surface area (TPSA) is 110 Å². The highest BCUT2D eigenvalue weighted by atomic mass is 32.2. The van der Waals surface area contributed by atoms with Crippen LogP contribution in [0.2, 0.25) is 0 Å². The van der Waals surface area contributed by atoms with E-state index < -0.39 is 15.4 Å². The van der Waals surface area contributed by atoms with Crippen LogP contribution >= 0.6 is 11.8 Å². The Balaban J connectivity index is 1.80. The molecule has 0 bridgehead atoms. The minimum absolute atomic E-state index is 0.0268. The summed E-state index contributed by atoms with van der Waals surface area (Å²) in [5.74, 6) is -0.375. The number of para-hydroxylation sites is 1. The van der Waals surface area contributed by atoms with Gasteiger partial charge in [-0.2, -0.15) is 0 Å². The minimum atomic E-state index is -3.78. The Morgan fingerprint density at radius 1 is 1.08 bits per heavy atom. The summed E-state index contributed by atoms with van der Waals surface area (Å²) in [6, 6.07) is 12.8. The molecule has 3 rings (SSSR count). The Kier molecular flexibility index (Phi) is 4.55. The van der Waals surface area contributed by atoms with Crippen molar-refractivity contribution in [1.82, 2.24) is 0 Å². The van der Waals surface area contributed by atoms with E-state index >= 15 is 0 Å². The van der Waals surface area contributed by atoms with E-state index in [1.165, 1.54) is 24.3 Å². The number of rotatable bonds is 4. The first-order valence-corrected chi connectivity index (χ1v) is 9.69. The highest BCUT2D eigenvalue weighted by Crippen LogP contribution is 2.34. The lowest BCUT2D eigenvalue weighted by Gasteiger charge is -2.16. The van der Waals surface area contributed by atoms with Crippen LogP contribution in [0.3, 0.4) is 0 Å². The van der Waals surface area contributed by atoms with Crippen LogP contribution in [0.5, 0.6) is 0 Å². The number of carbonyl (C=O) groups is 2. The molecule has 0 spiro atoms. The van der Waals surface area contributed by atoms with Gasteiger partial charge in [0.25, 0.3) is 11.1 Å². The summed E-state index contributed by atoms with van der Waals surface area (Å²) in [6.45, 7) is 1.83. The van der Waals surface area contributed by atoms with Gasteiger partial charge < -0.3 is 5.32 Å². The number of nitrogens with zero attached hydrogens (tertiary/aromatic N) is 1. The molecule has 0 radical (unpaired) electrons. The smallest absolute Gasteiger partial charge is 0.295 e. The van der Waals surface area contributed by atoms with Crippen molar-refractivity contribution in [2.24, 2.45) is 5.14 Å². The van der Waals surface area contributed by atoms with Crippen molar-refractivity contribution < 1.29 is 18.0 Å². The van der Waals surface area contributed by atoms with E-state index in [4.69, 9.17) is 5.14 Å². The number of nitrogens with two attached hydrogens (primary N) is 1. The van der Waals surface area contributed by atoms with Crippen LogP contribution in [0, 0.1) is 6.92 Å². The lowest BCUT2D eigenvalue weighted by atomic mass is 10.2. The van der Waals surface area contributed by atoms with Crippen molar-refractivity contribution >= 4 is 44.3 Å². The number of hydrogen-bond acceptors (Lipinski definition) is 6. The van der Waals surface area contributed by atoms with Gasteiger partial charge in [-0.05, 0) is 54.6 Å². The second-order valence-corrected chi connectivity index (χ2v) is 8.06. The maximum atomic E-state index is 12.6. The van der Waals surface area contributed by atoms with Gasteiger partial charge in [-0.3, -0.25) is 9.59 Å². The van der Waals surface area contributed by atoms with Crippen molar-refractivity contribution in [2.45, 2.75) is 17.2 Å². The molecule has 2 aromatic carbocycles. The van der Waals surface area contributed by atoms with E-state index in [9.17, 15) is 18.0 Å². The standard InChI is InChI=1S/C16H15N3O4S2/c1-10-4-2-3-5-13(10)19-15(20)14(24-16(19)21)18-11-6-8-12(9-7-11)25(17,22)23/h2-9,14,18H,1H3,(H2,17,22,23)/t14-/m0/s1. The Morgan fingerprint density at radius 3 is 2.32 bits per heavy atom. The molecule has 1 aliphatic heterocycles. The van der Waals surface area contributed by atoms with Crippen LogP contribution in [-0.4, -0.2) is 24.9 Å². The molecule has 0 aliphatic carbocycles. The first kappa shape index (κ1) is 17.5. The van der Waals surface area contributed by atoms with Crippen molar-refractivity contribution in [3.63, 3.8) is 0 Å². The van der Waals surface area contributed by atoms with Crippen LogP contribution < -0.4 is 15.4 Å². The van der Waals surface area contributed by atoms with Gasteiger partial charge in [0.1, 0.15) is 0 Å². The van der Waals surface area contributed by atoms with E-state index in [1.807, 2.05) is 19.1 Å². The number of amides is 2. The maximum Gasteiger partial charge on any atom is 0.295 e. The van der Waals surface area contributed by atoms with E-state index in [2.05, 4.69) is 5.32 Å². The Hall–Kier alpha value is -2.36. The predicted octanol–water partition coefficient (Wildman–Crippen LogP) is 2.28. The molecule has 25 heavy (non-hydrogen) atoms. The van der Waals surface area contributed by atoms with E-state index in [-0.39, 0.29) is 16.0 Å². The van der Waals surface area contributed by atoms with Crippen molar-refractivity contribution in [3.8, 4) is 0 Å². The third-order valence-electron chi connectivity index (χ3n) is 3.68. The molecule has 2 aromatic rings.